The van der Waals surface area contributed by atoms with Crippen molar-refractivity contribution in [2.24, 2.45) is 0 Å². The van der Waals surface area contributed by atoms with Gasteiger partial charge in [0.15, 0.2) is 6.10 Å². The first-order valence-corrected chi connectivity index (χ1v) is 26.0. The monoisotopic (exact) mass is 899 g/mol. The summed E-state index contributed by atoms with van der Waals surface area (Å²) < 4.78 is 16.7. The fourth-order valence-corrected chi connectivity index (χ4v) is 6.58. The molecule has 0 saturated carbocycles. The summed E-state index contributed by atoms with van der Waals surface area (Å²) in [6, 6.07) is 0. The fourth-order valence-electron chi connectivity index (χ4n) is 6.58. The minimum absolute atomic E-state index is 0.118. The maximum absolute atomic E-state index is 12.7. The normalized spacial score (nSPS) is 13.1. The smallest absolute Gasteiger partial charge is 0.306 e. The van der Waals surface area contributed by atoms with E-state index in [-0.39, 0.29) is 31.6 Å². The highest BCUT2D eigenvalue weighted by atomic mass is 16.6. The average Bonchev–Trinajstić information content (AvgIpc) is 3.30. The van der Waals surface area contributed by atoms with E-state index < -0.39 is 12.1 Å². The van der Waals surface area contributed by atoms with E-state index in [2.05, 4.69) is 130 Å². The molecule has 0 aliphatic heterocycles. The minimum atomic E-state index is -0.826. The first-order chi connectivity index (χ1) is 32.0. The summed E-state index contributed by atoms with van der Waals surface area (Å²) in [6.07, 6.45) is 72.0. The lowest BCUT2D eigenvalue weighted by atomic mass is 10.1. The molecule has 0 aromatic rings. The first-order valence-electron chi connectivity index (χ1n) is 26.0. The van der Waals surface area contributed by atoms with E-state index in [1.54, 1.807) is 0 Å². The topological polar surface area (TPSA) is 78.9 Å². The molecule has 1 unspecified atom stereocenters. The molecule has 0 aliphatic carbocycles. The Kier molecular flexibility index (Phi) is 49.1. The van der Waals surface area contributed by atoms with Gasteiger partial charge in [-0.05, 0) is 109 Å². The number of allylic oxidation sites excluding steroid dienone is 20. The number of hydrogen-bond donors (Lipinski definition) is 0. The van der Waals surface area contributed by atoms with E-state index in [0.29, 0.717) is 19.3 Å². The lowest BCUT2D eigenvalue weighted by Gasteiger charge is -2.18. The summed E-state index contributed by atoms with van der Waals surface area (Å²) in [6.45, 7) is 6.27. The minimum Gasteiger partial charge on any atom is -0.462 e. The number of esters is 3. The van der Waals surface area contributed by atoms with Crippen LogP contribution in [0.3, 0.4) is 0 Å². The van der Waals surface area contributed by atoms with E-state index in [4.69, 9.17) is 14.2 Å². The van der Waals surface area contributed by atoms with Gasteiger partial charge in [-0.15, -0.1) is 0 Å². The van der Waals surface area contributed by atoms with Gasteiger partial charge in [-0.25, -0.2) is 0 Å². The van der Waals surface area contributed by atoms with Crippen molar-refractivity contribution >= 4 is 17.9 Å². The highest BCUT2D eigenvalue weighted by Gasteiger charge is 2.19. The Morgan fingerprint density at radius 3 is 1.02 bits per heavy atom. The summed E-state index contributed by atoms with van der Waals surface area (Å²) in [5.74, 6) is -1.03. The Bertz CT molecular complexity index is 1400. The molecule has 0 saturated heterocycles. The highest BCUT2D eigenvalue weighted by molar-refractivity contribution is 5.71. The van der Waals surface area contributed by atoms with Gasteiger partial charge < -0.3 is 14.2 Å². The SMILES string of the molecule is CC/C=C\C/C=C\C/C=C\C/C=C\C/C=C\CCCCCCCCCC(=O)OCC(COC(=O)CCCCCCC/C=C\CCCC)OC(=O)CC/C=C\C/C=C\C/C=C\C/C=C\CC. The van der Waals surface area contributed by atoms with Crippen LogP contribution in [0, 0.1) is 0 Å². The zero-order valence-corrected chi connectivity index (χ0v) is 41.7. The zero-order valence-electron chi connectivity index (χ0n) is 41.7. The van der Waals surface area contributed by atoms with Crippen LogP contribution in [0.1, 0.15) is 213 Å². The van der Waals surface area contributed by atoms with Crippen LogP contribution in [-0.4, -0.2) is 37.2 Å². The van der Waals surface area contributed by atoms with Crippen molar-refractivity contribution in [3.63, 3.8) is 0 Å². The molecule has 6 heteroatoms. The third-order valence-electron chi connectivity index (χ3n) is 10.4. The second kappa shape index (κ2) is 52.4. The van der Waals surface area contributed by atoms with Crippen LogP contribution in [0.5, 0.6) is 0 Å². The standard InChI is InChI=1S/C59H94O6/c1-4-7-10-13-16-19-22-24-25-26-27-28-29-30-31-32-33-35-37-40-43-46-49-52-58(61)64-55-56(54-63-57(60)51-48-45-42-39-36-21-18-15-12-9-6-3)65-59(62)53-50-47-44-41-38-34-23-20-17-14-11-8-5-2/h7-8,10-11,15-20,24-25,27-28,30-31,34,38,44,47,56H,4-6,9,12-14,21-23,26,29,32-33,35-37,39-43,45-46,48-55H2,1-3H3/b10-7-,11-8-,18-15-,19-16-,20-17-,25-24-,28-27-,31-30-,38-34-,47-44-. The molecule has 0 aliphatic rings. The van der Waals surface area contributed by atoms with Crippen LogP contribution in [0.2, 0.25) is 0 Å². The Morgan fingerprint density at radius 2 is 0.631 bits per heavy atom. The molecule has 0 rings (SSSR count). The second-order valence-electron chi connectivity index (χ2n) is 16.7. The quantitative estimate of drug-likeness (QED) is 0.0262. The van der Waals surface area contributed by atoms with Gasteiger partial charge in [-0.1, -0.05) is 206 Å². The van der Waals surface area contributed by atoms with E-state index >= 15 is 0 Å². The van der Waals surface area contributed by atoms with Crippen LogP contribution in [0.15, 0.2) is 122 Å². The molecule has 1 atom stereocenters. The maximum Gasteiger partial charge on any atom is 0.306 e. The number of unbranched alkanes of at least 4 members (excludes halogenated alkanes) is 14. The molecule has 0 radical (unpaired) electrons. The van der Waals surface area contributed by atoms with E-state index in [9.17, 15) is 14.4 Å². The Hall–Kier alpha value is -4.19. The van der Waals surface area contributed by atoms with Crippen molar-refractivity contribution in [3.05, 3.63) is 122 Å². The number of rotatable bonds is 45. The second-order valence-corrected chi connectivity index (χ2v) is 16.7. The van der Waals surface area contributed by atoms with Gasteiger partial charge >= 0.3 is 17.9 Å². The van der Waals surface area contributed by atoms with Crippen molar-refractivity contribution in [1.29, 1.82) is 0 Å². The fraction of sp³-hybridized carbons (Fsp3) is 0.610. The van der Waals surface area contributed by atoms with Gasteiger partial charge in [-0.3, -0.25) is 14.4 Å². The highest BCUT2D eigenvalue weighted by Crippen LogP contribution is 2.13. The molecule has 0 bridgehead atoms. The van der Waals surface area contributed by atoms with Crippen molar-refractivity contribution in [2.75, 3.05) is 13.2 Å². The Labute approximate surface area is 399 Å². The summed E-state index contributed by atoms with van der Waals surface area (Å²) in [4.78, 5) is 37.9. The van der Waals surface area contributed by atoms with Gasteiger partial charge in [0.2, 0.25) is 0 Å². The van der Waals surface area contributed by atoms with Gasteiger partial charge in [0, 0.05) is 19.3 Å². The van der Waals surface area contributed by atoms with E-state index in [1.165, 1.54) is 51.4 Å². The lowest BCUT2D eigenvalue weighted by Crippen LogP contribution is -2.30. The molecule has 366 valence electrons. The van der Waals surface area contributed by atoms with Crippen LogP contribution >= 0.6 is 0 Å². The van der Waals surface area contributed by atoms with Crippen LogP contribution in [0.25, 0.3) is 0 Å². The van der Waals surface area contributed by atoms with E-state index in [1.807, 2.05) is 12.2 Å². The van der Waals surface area contributed by atoms with Crippen molar-refractivity contribution in [2.45, 2.75) is 219 Å². The van der Waals surface area contributed by atoms with Crippen LogP contribution in [-0.2, 0) is 28.6 Å². The van der Waals surface area contributed by atoms with Crippen LogP contribution < -0.4 is 0 Å². The number of ether oxygens (including phenoxy) is 3. The van der Waals surface area contributed by atoms with Crippen LogP contribution in [0.4, 0.5) is 0 Å². The molecular weight excluding hydrogens is 805 g/mol. The molecule has 0 fully saturated rings. The third kappa shape index (κ3) is 50.7. The first kappa shape index (κ1) is 60.8. The van der Waals surface area contributed by atoms with Gasteiger partial charge in [0.1, 0.15) is 13.2 Å². The third-order valence-corrected chi connectivity index (χ3v) is 10.4. The molecule has 0 heterocycles. The predicted molar refractivity (Wildman–Crippen MR) is 279 cm³/mol. The predicted octanol–water partition coefficient (Wildman–Crippen LogP) is 17.3. The molecular formula is C59H94O6. The molecule has 0 spiro atoms. The number of carbonyl (C=O) groups excluding carboxylic acids is 3. The molecule has 0 aromatic heterocycles. The van der Waals surface area contributed by atoms with Gasteiger partial charge in [0.05, 0.1) is 0 Å². The van der Waals surface area contributed by atoms with Gasteiger partial charge in [-0.2, -0.15) is 0 Å². The molecule has 0 aromatic carbocycles. The summed E-state index contributed by atoms with van der Waals surface area (Å²) in [5, 5.41) is 0. The lowest BCUT2D eigenvalue weighted by molar-refractivity contribution is -0.166. The van der Waals surface area contributed by atoms with E-state index in [0.717, 1.165) is 116 Å². The number of carbonyl (C=O) groups is 3. The molecule has 0 amide bonds. The maximum atomic E-state index is 12.7. The summed E-state index contributed by atoms with van der Waals surface area (Å²) in [7, 11) is 0. The molecule has 0 N–H and O–H groups in total. The van der Waals surface area contributed by atoms with Gasteiger partial charge in [0.25, 0.3) is 0 Å². The molecule has 6 nitrogen and oxygen atoms in total. The average molecular weight is 899 g/mol. The zero-order chi connectivity index (χ0) is 47.2. The Balaban J connectivity index is 4.42. The number of hydrogen-bond acceptors (Lipinski definition) is 6. The van der Waals surface area contributed by atoms with Crippen molar-refractivity contribution in [1.82, 2.24) is 0 Å². The largest absolute Gasteiger partial charge is 0.462 e. The summed E-state index contributed by atoms with van der Waals surface area (Å²) >= 11 is 0. The molecule has 65 heavy (non-hydrogen) atoms. The Morgan fingerprint density at radius 1 is 0.323 bits per heavy atom. The van der Waals surface area contributed by atoms with Crippen molar-refractivity contribution < 1.29 is 28.6 Å². The summed E-state index contributed by atoms with van der Waals surface area (Å²) in [5.41, 5.74) is 0. The van der Waals surface area contributed by atoms with Crippen molar-refractivity contribution in [3.8, 4) is 0 Å².